The number of aromatic nitrogens is 2. The second-order valence-electron chi connectivity index (χ2n) is 5.10. The first-order chi connectivity index (χ1) is 11.4. The zero-order valence-electron chi connectivity index (χ0n) is 13.6. The van der Waals surface area contributed by atoms with Gasteiger partial charge in [0.2, 0.25) is 5.91 Å². The molecule has 0 radical (unpaired) electrons. The number of ether oxygens (including phenoxy) is 1. The highest BCUT2D eigenvalue weighted by Crippen LogP contribution is 2.18. The van der Waals surface area contributed by atoms with Gasteiger partial charge in [0.05, 0.1) is 17.1 Å². The monoisotopic (exact) mass is 330 g/mol. The third-order valence-electron chi connectivity index (χ3n) is 3.21. The van der Waals surface area contributed by atoms with Crippen LogP contribution in [0.4, 0.5) is 0 Å². The minimum Gasteiger partial charge on any atom is -0.452 e. The Hall–Kier alpha value is -3.16. The van der Waals surface area contributed by atoms with Gasteiger partial charge in [0.15, 0.2) is 6.61 Å². The summed E-state index contributed by atoms with van der Waals surface area (Å²) in [4.78, 5) is 34.4. The van der Waals surface area contributed by atoms with Gasteiger partial charge in [-0.1, -0.05) is 18.2 Å². The smallest absolute Gasteiger partial charge is 0.342 e. The molecule has 0 atom stereocenters. The molecule has 0 saturated heterocycles. The number of carbonyl (C=O) groups excluding carboxylic acids is 3. The Kier molecular flexibility index (Phi) is 5.31. The second-order valence-corrected chi connectivity index (χ2v) is 5.10. The highest BCUT2D eigenvalue weighted by Gasteiger charge is 2.21. The largest absolute Gasteiger partial charge is 0.452 e. The lowest BCUT2D eigenvalue weighted by atomic mass is 10.2. The average Bonchev–Trinajstić information content (AvgIpc) is 2.86. The molecule has 0 spiro atoms. The molecule has 1 aromatic carbocycles. The van der Waals surface area contributed by atoms with Crippen LogP contribution in [0.1, 0.15) is 28.7 Å². The zero-order chi connectivity index (χ0) is 17.7. The van der Waals surface area contributed by atoms with Crippen molar-refractivity contribution in [2.45, 2.75) is 20.8 Å². The molecule has 0 unspecified atom stereocenters. The molecule has 0 aliphatic rings. The van der Waals surface area contributed by atoms with Gasteiger partial charge < -0.3 is 4.74 Å². The molecule has 0 aliphatic heterocycles. The van der Waals surface area contributed by atoms with E-state index < -0.39 is 24.4 Å². The van der Waals surface area contributed by atoms with E-state index in [2.05, 4.69) is 16.0 Å². The summed E-state index contributed by atoms with van der Waals surface area (Å²) in [7, 11) is 0. The highest BCUT2D eigenvalue weighted by molar-refractivity contribution is 5.93. The molecule has 126 valence electrons. The Morgan fingerprint density at radius 2 is 1.79 bits per heavy atom. The molecule has 0 bridgehead atoms. The molecule has 24 heavy (non-hydrogen) atoms. The van der Waals surface area contributed by atoms with Crippen molar-refractivity contribution in [3.63, 3.8) is 0 Å². The number of rotatable bonds is 4. The van der Waals surface area contributed by atoms with Crippen molar-refractivity contribution in [2.75, 3.05) is 6.61 Å². The lowest BCUT2D eigenvalue weighted by Gasteiger charge is -2.07. The molecule has 8 nitrogen and oxygen atoms in total. The van der Waals surface area contributed by atoms with Gasteiger partial charge >= 0.3 is 5.97 Å². The first kappa shape index (κ1) is 17.2. The van der Waals surface area contributed by atoms with Crippen LogP contribution in [0.3, 0.4) is 0 Å². The molecule has 1 aromatic heterocycles. The number of aryl methyl sites for hydroxylation is 1. The Bertz CT molecular complexity index is 768. The summed E-state index contributed by atoms with van der Waals surface area (Å²) in [5.74, 6) is -1.71. The maximum atomic E-state index is 12.2. The molecular weight excluding hydrogens is 312 g/mol. The second kappa shape index (κ2) is 7.40. The van der Waals surface area contributed by atoms with E-state index in [0.29, 0.717) is 17.0 Å². The SMILES string of the molecule is CC(=O)NNC(=O)COC(=O)c1c(C)nn(-c2ccccc2)c1C. The summed E-state index contributed by atoms with van der Waals surface area (Å²) in [6, 6.07) is 9.37. The summed E-state index contributed by atoms with van der Waals surface area (Å²) >= 11 is 0. The fourth-order valence-electron chi connectivity index (χ4n) is 2.16. The first-order valence-corrected chi connectivity index (χ1v) is 7.24. The van der Waals surface area contributed by atoms with Crippen LogP contribution in [-0.4, -0.2) is 34.2 Å². The molecule has 2 amide bonds. The molecular formula is C16H18N4O4. The fourth-order valence-corrected chi connectivity index (χ4v) is 2.16. The van der Waals surface area contributed by atoms with Gasteiger partial charge in [-0.2, -0.15) is 5.10 Å². The summed E-state index contributed by atoms with van der Waals surface area (Å²) < 4.78 is 6.62. The summed E-state index contributed by atoms with van der Waals surface area (Å²) in [5, 5.41) is 4.35. The van der Waals surface area contributed by atoms with Gasteiger partial charge in [0.25, 0.3) is 5.91 Å². The molecule has 0 saturated carbocycles. The highest BCUT2D eigenvalue weighted by atomic mass is 16.5. The van der Waals surface area contributed by atoms with E-state index in [9.17, 15) is 14.4 Å². The first-order valence-electron chi connectivity index (χ1n) is 7.24. The van der Waals surface area contributed by atoms with Gasteiger partial charge in [0, 0.05) is 6.92 Å². The Labute approximate surface area is 138 Å². The van der Waals surface area contributed by atoms with Crippen LogP contribution in [-0.2, 0) is 14.3 Å². The van der Waals surface area contributed by atoms with E-state index in [1.54, 1.807) is 18.5 Å². The predicted octanol–water partition coefficient (Wildman–Crippen LogP) is 0.813. The van der Waals surface area contributed by atoms with Crippen molar-refractivity contribution < 1.29 is 19.1 Å². The van der Waals surface area contributed by atoms with Gasteiger partial charge in [-0.15, -0.1) is 0 Å². The van der Waals surface area contributed by atoms with Crippen molar-refractivity contribution in [3.8, 4) is 5.69 Å². The standard InChI is InChI=1S/C16H18N4O4/c1-10-15(16(23)24-9-14(22)18-17-12(3)21)11(2)20(19-10)13-7-5-4-6-8-13/h4-8H,9H2,1-3H3,(H,17,21)(H,18,22). The minimum atomic E-state index is -0.648. The molecule has 1 heterocycles. The van der Waals surface area contributed by atoms with E-state index >= 15 is 0 Å². The van der Waals surface area contributed by atoms with Crippen LogP contribution >= 0.6 is 0 Å². The van der Waals surface area contributed by atoms with E-state index in [4.69, 9.17) is 4.74 Å². The number of benzene rings is 1. The lowest BCUT2D eigenvalue weighted by molar-refractivity contribution is -0.129. The van der Waals surface area contributed by atoms with Crippen molar-refractivity contribution >= 4 is 17.8 Å². The van der Waals surface area contributed by atoms with Crippen molar-refractivity contribution in [3.05, 3.63) is 47.3 Å². The number of hydrogen-bond donors (Lipinski definition) is 2. The van der Waals surface area contributed by atoms with Crippen LogP contribution in [0.25, 0.3) is 5.69 Å². The zero-order valence-corrected chi connectivity index (χ0v) is 13.6. The van der Waals surface area contributed by atoms with E-state index in [1.807, 2.05) is 30.3 Å². The molecule has 8 heteroatoms. The van der Waals surface area contributed by atoms with E-state index in [1.165, 1.54) is 6.92 Å². The number of nitrogens with one attached hydrogen (secondary N) is 2. The van der Waals surface area contributed by atoms with Gasteiger partial charge in [0.1, 0.15) is 5.56 Å². The molecule has 2 aromatic rings. The van der Waals surface area contributed by atoms with Crippen LogP contribution in [0.5, 0.6) is 0 Å². The van der Waals surface area contributed by atoms with Crippen molar-refractivity contribution in [1.29, 1.82) is 0 Å². The van der Waals surface area contributed by atoms with Crippen molar-refractivity contribution in [1.82, 2.24) is 20.6 Å². The van der Waals surface area contributed by atoms with Crippen LogP contribution in [0.2, 0.25) is 0 Å². The van der Waals surface area contributed by atoms with E-state index in [0.717, 1.165) is 5.69 Å². The maximum absolute atomic E-state index is 12.2. The van der Waals surface area contributed by atoms with Gasteiger partial charge in [-0.25, -0.2) is 9.48 Å². The van der Waals surface area contributed by atoms with Crippen molar-refractivity contribution in [2.24, 2.45) is 0 Å². The fraction of sp³-hybridized carbons (Fsp3) is 0.250. The van der Waals surface area contributed by atoms with Gasteiger partial charge in [-0.3, -0.25) is 20.4 Å². The van der Waals surface area contributed by atoms with Crippen LogP contribution in [0, 0.1) is 13.8 Å². The Morgan fingerprint density at radius 3 is 2.42 bits per heavy atom. The number of amides is 2. The summed E-state index contributed by atoms with van der Waals surface area (Å²) in [6.07, 6.45) is 0. The molecule has 2 N–H and O–H groups in total. The lowest BCUT2D eigenvalue weighted by Crippen LogP contribution is -2.42. The third-order valence-corrected chi connectivity index (χ3v) is 3.21. The normalized spacial score (nSPS) is 10.1. The van der Waals surface area contributed by atoms with E-state index in [-0.39, 0.29) is 0 Å². The number of carbonyl (C=O) groups is 3. The van der Waals surface area contributed by atoms with Gasteiger partial charge in [-0.05, 0) is 26.0 Å². The molecule has 2 rings (SSSR count). The minimum absolute atomic E-state index is 0.311. The van der Waals surface area contributed by atoms with Crippen LogP contribution in [0.15, 0.2) is 30.3 Å². The Morgan fingerprint density at radius 1 is 1.12 bits per heavy atom. The maximum Gasteiger partial charge on any atom is 0.342 e. The molecule has 0 fully saturated rings. The Balaban J connectivity index is 2.09. The number of hydrazine groups is 1. The average molecular weight is 330 g/mol. The molecule has 0 aliphatic carbocycles. The predicted molar refractivity (Wildman–Crippen MR) is 85.3 cm³/mol. The summed E-state index contributed by atoms with van der Waals surface area (Å²) in [6.45, 7) is 4.19. The topological polar surface area (TPSA) is 102 Å². The number of hydrogen-bond acceptors (Lipinski definition) is 5. The number of para-hydroxylation sites is 1. The number of nitrogens with zero attached hydrogens (tertiary/aromatic N) is 2. The van der Waals surface area contributed by atoms with Crippen LogP contribution < -0.4 is 10.9 Å². The third kappa shape index (κ3) is 3.97. The number of esters is 1. The summed E-state index contributed by atoms with van der Waals surface area (Å²) in [5.41, 5.74) is 6.47. The quantitative estimate of drug-likeness (QED) is 0.638.